The number of aromatic nitrogens is 15. The summed E-state index contributed by atoms with van der Waals surface area (Å²) in [6, 6.07) is 88.4. The molecule has 8 N–H and O–H groups in total. The number of nitrogen functional groups attached to an aromatic ring is 1. The van der Waals surface area contributed by atoms with Crippen molar-refractivity contribution < 1.29 is 4.39 Å². The zero-order valence-corrected chi connectivity index (χ0v) is 88.2. The zero-order chi connectivity index (χ0) is 103. The number of nitrogens with two attached hydrogens (primary N) is 1. The molecule has 0 radical (unpaired) electrons. The average molecular weight is 2070 g/mol. The van der Waals surface area contributed by atoms with Gasteiger partial charge in [0.15, 0.2) is 17.5 Å². The van der Waals surface area contributed by atoms with Gasteiger partial charge >= 0.3 is 0 Å². The molecule has 20 rings (SSSR count). The maximum Gasteiger partial charge on any atom is 0.263 e. The highest BCUT2D eigenvalue weighted by Crippen LogP contribution is 2.35. The minimum atomic E-state index is -0.535. The third-order valence-corrected chi connectivity index (χ3v) is 25.7. The number of pyridine rings is 5. The minimum Gasteiger partial charge on any atom is -0.384 e. The van der Waals surface area contributed by atoms with E-state index in [2.05, 4.69) is 99.9 Å². The Morgan fingerprint density at radius 1 is 0.289 bits per heavy atom. The second-order valence-corrected chi connectivity index (χ2v) is 36.6. The summed E-state index contributed by atoms with van der Waals surface area (Å²) in [7, 11) is 1.75. The maximum absolute atomic E-state index is 14.2. The number of anilines is 7. The lowest BCUT2D eigenvalue weighted by molar-refractivity contribution is 0.609. The molecule has 760 valence electrons. The normalized spacial score (nSPS) is 11.9. The lowest BCUT2D eigenvalue weighted by atomic mass is 10.0. The van der Waals surface area contributed by atoms with Crippen molar-refractivity contribution in [3.63, 3.8) is 0 Å². The Hall–Kier alpha value is -16.5. The van der Waals surface area contributed by atoms with E-state index in [-0.39, 0.29) is 98.2 Å². The van der Waals surface area contributed by atoms with Gasteiger partial charge in [0.25, 0.3) is 27.8 Å². The fourth-order valence-corrected chi connectivity index (χ4v) is 18.3. The lowest BCUT2D eigenvalue weighted by Gasteiger charge is -2.22. The summed E-state index contributed by atoms with van der Waals surface area (Å²) >= 11 is 12.6. The molecular formula is C117H119Cl2FN22O5S2. The Bertz CT molecular complexity index is 8100. The number of aryl methyl sites for hydroxylation is 10. The van der Waals surface area contributed by atoms with Crippen LogP contribution in [0.2, 0.25) is 10.0 Å². The largest absolute Gasteiger partial charge is 0.384 e. The highest BCUT2D eigenvalue weighted by Gasteiger charge is 2.27. The second kappa shape index (κ2) is 48.6. The fourth-order valence-electron chi connectivity index (χ4n) is 18.0. The molecule has 10 aromatic heterocycles. The van der Waals surface area contributed by atoms with Gasteiger partial charge < -0.3 is 37.6 Å². The molecule has 20 aromatic rings. The fraction of sp³-hybridized carbons (Fsp3) is 0.188. The summed E-state index contributed by atoms with van der Waals surface area (Å²) in [6.07, 6.45) is 6.08. The SMILES string of the molecule is C.CNc1ncc(Cl)c(N[C@@H](C)c2cc3cccc(C)c3c(=O)n2-c2ccccc2)n1.Cc1nc(N)cc(N[C@@H](C)c2cc3cccc(C)c3c(=O)n2-c2ccccc2)n1.Cc1ncc(C)c(N[C@@H](C)c2cc3cccc(C)c3c(=O)n2-c2ccccc2)n1.Cc1ncc(Cl)c(N[C@@H](C)c2cc3cccc(C)c3c(=O)n2-c2ccccc2)n1.Cc1ncc(F)c(N[C@@H](C)c2cc3cccc(C)c3c(=O)n2-c2ccccc2)n1.S.S. The van der Waals surface area contributed by atoms with Gasteiger partial charge in [0.1, 0.15) is 56.6 Å². The monoisotopic (exact) mass is 2060 g/mol. The third kappa shape index (κ3) is 24.6. The average Bonchev–Trinajstić information content (AvgIpc) is 0.776. The standard InChI is InChI=1S/C24H24N4O.C23H22ClN5O.C23H21ClN4O.C23H21FN4O.C23H23N5O.CH4.2H2S/c1-15-9-8-10-19-13-21(17(3)26-23-16(2)14-25-18(4)27-23)28(24(29)22(15)19)20-11-6-5-7-12-20;1-14-8-7-9-16-12-19(15(2)27-21-18(24)13-26-23(25-3)28-21)29(22(30)20(14)16)17-10-5-4-6-11-17;2*1-14-8-7-9-17-12-20(15(2)26-22-19(24)13-25-16(3)27-22)28(23(29)21(14)17)18-10-5-4-6-11-18;1-14-8-7-9-17-12-19(15(2)25-21-13-20(24)26-16(3)27-21)28(23(29)22(14)17)18-10-5-4-6-11-18;;;/h5-14,17H,1-4H3,(H,25,26,27);4-13,15H,1-3H3,(H2,25,26,27,28);2*4-13,15H,1-3H3,(H,25,26,27);4-13,15H,1-3H3,(H3,24,25,26,27);1H4;2*1H2/t17-;4*15-;;;/m00000.../s1. The van der Waals surface area contributed by atoms with Crippen LogP contribution in [0.4, 0.5) is 45.2 Å². The molecule has 0 saturated heterocycles. The molecule has 32 heteroatoms. The highest BCUT2D eigenvalue weighted by atomic mass is 35.5. The molecule has 0 amide bonds. The summed E-state index contributed by atoms with van der Waals surface area (Å²) in [4.78, 5) is 110. The number of halogens is 3. The Balaban J connectivity index is 0.000000155. The first-order chi connectivity index (χ1) is 70.3. The van der Waals surface area contributed by atoms with E-state index < -0.39 is 5.82 Å². The van der Waals surface area contributed by atoms with Gasteiger partial charge in [-0.3, -0.25) is 46.8 Å². The highest BCUT2D eigenvalue weighted by molar-refractivity contribution is 7.59. The Morgan fingerprint density at radius 2 is 0.550 bits per heavy atom. The van der Waals surface area contributed by atoms with Gasteiger partial charge in [0.05, 0.1) is 75.7 Å². The quantitative estimate of drug-likeness (QED) is 0.0351. The van der Waals surface area contributed by atoms with Gasteiger partial charge in [0, 0.05) is 81.8 Å². The predicted molar refractivity (Wildman–Crippen MR) is 617 cm³/mol. The number of para-hydroxylation sites is 5. The molecule has 0 fully saturated rings. The molecule has 10 aromatic carbocycles. The van der Waals surface area contributed by atoms with Crippen molar-refractivity contribution in [3.05, 3.63) is 457 Å². The molecule has 10 heterocycles. The number of hydrogen-bond acceptors (Lipinski definition) is 22. The maximum atomic E-state index is 14.2. The van der Waals surface area contributed by atoms with Gasteiger partial charge in [-0.25, -0.2) is 49.2 Å². The van der Waals surface area contributed by atoms with Crippen LogP contribution in [0.25, 0.3) is 82.3 Å². The van der Waals surface area contributed by atoms with E-state index in [4.69, 9.17) is 28.9 Å². The van der Waals surface area contributed by atoms with Crippen LogP contribution in [0, 0.1) is 75.1 Å². The van der Waals surface area contributed by atoms with Crippen molar-refractivity contribution in [1.29, 1.82) is 0 Å². The molecule has 5 atom stereocenters. The zero-order valence-electron chi connectivity index (χ0n) is 84.7. The number of benzene rings is 10. The van der Waals surface area contributed by atoms with Crippen LogP contribution in [0.3, 0.4) is 0 Å². The topological polar surface area (TPSA) is 337 Å². The van der Waals surface area contributed by atoms with Gasteiger partial charge in [0.2, 0.25) is 5.95 Å². The Labute approximate surface area is 887 Å². The van der Waals surface area contributed by atoms with Gasteiger partial charge in [-0.15, -0.1) is 0 Å². The van der Waals surface area contributed by atoms with E-state index in [0.717, 1.165) is 151 Å². The van der Waals surface area contributed by atoms with Gasteiger partial charge in [-0.05, 0) is 250 Å². The summed E-state index contributed by atoms with van der Waals surface area (Å²) in [6.45, 7) is 28.9. The molecule has 0 aliphatic rings. The number of nitrogens with zero attached hydrogens (tertiary/aromatic N) is 15. The summed E-state index contributed by atoms with van der Waals surface area (Å²) in [5, 5.41) is 28.5. The van der Waals surface area contributed by atoms with Gasteiger partial charge in [-0.2, -0.15) is 32.0 Å². The van der Waals surface area contributed by atoms with Crippen molar-refractivity contribution in [2.75, 3.05) is 44.7 Å². The van der Waals surface area contributed by atoms with Gasteiger partial charge in [-0.1, -0.05) is 213 Å². The van der Waals surface area contributed by atoms with Crippen LogP contribution in [-0.2, 0) is 0 Å². The van der Waals surface area contributed by atoms with E-state index in [0.29, 0.717) is 67.9 Å². The Kier molecular flexibility index (Phi) is 35.8. The third-order valence-electron chi connectivity index (χ3n) is 25.1. The summed E-state index contributed by atoms with van der Waals surface area (Å²) in [5.74, 6) is 5.28. The number of fused-ring (bicyclic) bond motifs is 5. The first-order valence-electron chi connectivity index (χ1n) is 47.8. The van der Waals surface area contributed by atoms with E-state index in [1.807, 2.05) is 351 Å². The summed E-state index contributed by atoms with van der Waals surface area (Å²) < 4.78 is 23.0. The van der Waals surface area contributed by atoms with Crippen molar-refractivity contribution in [3.8, 4) is 28.4 Å². The molecule has 27 nitrogen and oxygen atoms in total. The second-order valence-electron chi connectivity index (χ2n) is 35.8. The lowest BCUT2D eigenvalue weighted by Crippen LogP contribution is -2.26. The Morgan fingerprint density at radius 3 is 0.859 bits per heavy atom. The molecular weight excluding hydrogens is 1950 g/mol. The molecule has 0 aliphatic heterocycles. The first kappa shape index (κ1) is 110. The predicted octanol–water partition coefficient (Wildman–Crippen LogP) is 24.8. The number of rotatable bonds is 21. The molecule has 149 heavy (non-hydrogen) atoms. The van der Waals surface area contributed by atoms with E-state index >= 15 is 0 Å². The van der Waals surface area contributed by atoms with Crippen LogP contribution < -0.4 is 65.4 Å². The number of nitrogens with one attached hydrogen (secondary N) is 6. The molecule has 0 aliphatic carbocycles. The van der Waals surface area contributed by atoms with Crippen LogP contribution in [0.1, 0.15) is 157 Å². The molecule has 0 saturated carbocycles. The van der Waals surface area contributed by atoms with Crippen molar-refractivity contribution in [2.45, 2.75) is 141 Å². The number of hydrogen-bond donors (Lipinski definition) is 7. The van der Waals surface area contributed by atoms with E-state index in [1.165, 1.54) is 0 Å². The smallest absolute Gasteiger partial charge is 0.263 e. The van der Waals surface area contributed by atoms with Crippen LogP contribution in [0.15, 0.2) is 328 Å². The van der Waals surface area contributed by atoms with Crippen molar-refractivity contribution in [2.24, 2.45) is 0 Å². The van der Waals surface area contributed by atoms with Crippen LogP contribution >= 0.6 is 50.2 Å². The summed E-state index contributed by atoms with van der Waals surface area (Å²) in [5.41, 5.74) is 19.5. The molecule has 0 unspecified atom stereocenters. The van der Waals surface area contributed by atoms with Crippen LogP contribution in [-0.4, -0.2) is 79.7 Å². The van der Waals surface area contributed by atoms with E-state index in [1.54, 1.807) is 62.2 Å². The van der Waals surface area contributed by atoms with Crippen molar-refractivity contribution >= 4 is 145 Å². The molecule has 0 spiro atoms. The van der Waals surface area contributed by atoms with E-state index in [9.17, 15) is 28.4 Å². The van der Waals surface area contributed by atoms with Crippen LogP contribution in [0.5, 0.6) is 0 Å². The van der Waals surface area contributed by atoms with Crippen molar-refractivity contribution in [1.82, 2.24) is 72.7 Å². The molecule has 0 bridgehead atoms. The minimum absolute atomic E-state index is 0. The first-order valence-corrected chi connectivity index (χ1v) is 48.5.